The van der Waals surface area contributed by atoms with Gasteiger partial charge in [0.25, 0.3) is 0 Å². The van der Waals surface area contributed by atoms with E-state index in [-0.39, 0.29) is 6.79 Å². The van der Waals surface area contributed by atoms with Crippen LogP contribution >= 0.6 is 0 Å². The van der Waals surface area contributed by atoms with Gasteiger partial charge in [-0.1, -0.05) is 0 Å². The van der Waals surface area contributed by atoms with E-state index in [0.717, 1.165) is 39.7 Å². The van der Waals surface area contributed by atoms with Crippen molar-refractivity contribution in [3.05, 3.63) is 55.1 Å². The van der Waals surface area contributed by atoms with Gasteiger partial charge in [0.1, 0.15) is 0 Å². The smallest absolute Gasteiger partial charge is 0.231 e. The van der Waals surface area contributed by atoms with E-state index in [4.69, 9.17) is 13.9 Å². The van der Waals surface area contributed by atoms with Gasteiger partial charge in [0.15, 0.2) is 23.0 Å². The summed E-state index contributed by atoms with van der Waals surface area (Å²) >= 11 is 0. The van der Waals surface area contributed by atoms with Crippen molar-refractivity contribution in [2.75, 3.05) is 6.79 Å². The Morgan fingerprint density at radius 2 is 1.78 bits per heavy atom. The minimum Gasteiger partial charge on any atom is -0.472 e. The second-order valence-electron chi connectivity index (χ2n) is 5.25. The quantitative estimate of drug-likeness (QED) is 0.568. The first-order valence-corrected chi connectivity index (χ1v) is 7.16. The Kier molecular flexibility index (Phi) is 2.46. The van der Waals surface area contributed by atoms with Crippen LogP contribution in [0.5, 0.6) is 11.5 Å². The van der Waals surface area contributed by atoms with Crippen LogP contribution in [0.4, 0.5) is 0 Å². The number of fused-ring (bicyclic) bond motifs is 2. The van der Waals surface area contributed by atoms with E-state index in [1.165, 1.54) is 0 Å². The highest BCUT2D eigenvalue weighted by atomic mass is 16.7. The van der Waals surface area contributed by atoms with Gasteiger partial charge in [0.2, 0.25) is 6.79 Å². The van der Waals surface area contributed by atoms with Gasteiger partial charge in [-0.05, 0) is 36.4 Å². The molecule has 5 rings (SSSR count). The van der Waals surface area contributed by atoms with Crippen molar-refractivity contribution in [3.8, 4) is 34.0 Å². The predicted octanol–water partition coefficient (Wildman–Crippen LogP) is 3.39. The van der Waals surface area contributed by atoms with Crippen molar-refractivity contribution < 1.29 is 13.9 Å². The summed E-state index contributed by atoms with van der Waals surface area (Å²) in [6.07, 6.45) is 5.37. The van der Waals surface area contributed by atoms with Gasteiger partial charge in [-0.15, -0.1) is 10.2 Å². The van der Waals surface area contributed by atoms with E-state index >= 15 is 0 Å². The SMILES string of the molecule is c1cc(-c2ccc3nnc(-c4ccc5c(c4)OCO5)n3c2)co1. The number of benzene rings is 1. The van der Waals surface area contributed by atoms with Gasteiger partial charge in [-0.2, -0.15) is 0 Å². The number of rotatable bonds is 2. The fraction of sp³-hybridized carbons (Fsp3) is 0.0588. The molecule has 0 saturated carbocycles. The molecule has 0 saturated heterocycles. The highest BCUT2D eigenvalue weighted by Crippen LogP contribution is 2.35. The molecular formula is C17H11N3O3. The van der Waals surface area contributed by atoms with Crippen molar-refractivity contribution in [2.45, 2.75) is 0 Å². The topological polar surface area (TPSA) is 61.8 Å². The van der Waals surface area contributed by atoms with E-state index < -0.39 is 0 Å². The number of furan rings is 1. The van der Waals surface area contributed by atoms with Gasteiger partial charge < -0.3 is 13.9 Å². The standard InChI is InChI=1S/C17H11N3O3/c1-3-14-15(23-10-22-14)7-11(1)17-19-18-16-4-2-12(8-20(16)17)13-5-6-21-9-13/h1-9H,10H2. The molecule has 0 radical (unpaired) electrons. The van der Waals surface area contributed by atoms with Crippen LogP contribution in [0.15, 0.2) is 59.5 Å². The third-order valence-electron chi connectivity index (χ3n) is 3.89. The second kappa shape index (κ2) is 4.61. The lowest BCUT2D eigenvalue weighted by molar-refractivity contribution is 0.174. The van der Waals surface area contributed by atoms with Crippen LogP contribution < -0.4 is 9.47 Å². The van der Waals surface area contributed by atoms with Crippen molar-refractivity contribution in [1.82, 2.24) is 14.6 Å². The lowest BCUT2D eigenvalue weighted by Crippen LogP contribution is -1.93. The maximum absolute atomic E-state index is 5.44. The Bertz CT molecular complexity index is 1010. The molecule has 0 aliphatic carbocycles. The number of hydrogen-bond acceptors (Lipinski definition) is 5. The van der Waals surface area contributed by atoms with Crippen LogP contribution in [-0.4, -0.2) is 21.4 Å². The molecule has 1 aliphatic heterocycles. The van der Waals surface area contributed by atoms with Crippen molar-refractivity contribution in [3.63, 3.8) is 0 Å². The number of hydrogen-bond donors (Lipinski definition) is 0. The molecule has 6 nitrogen and oxygen atoms in total. The number of ether oxygens (including phenoxy) is 2. The fourth-order valence-electron chi connectivity index (χ4n) is 2.72. The molecule has 0 amide bonds. The monoisotopic (exact) mass is 305 g/mol. The zero-order valence-corrected chi connectivity index (χ0v) is 12.0. The van der Waals surface area contributed by atoms with Crippen LogP contribution in [-0.2, 0) is 0 Å². The fourth-order valence-corrected chi connectivity index (χ4v) is 2.72. The van der Waals surface area contributed by atoms with Gasteiger partial charge in [-0.3, -0.25) is 4.40 Å². The van der Waals surface area contributed by atoms with Crippen molar-refractivity contribution >= 4 is 5.65 Å². The van der Waals surface area contributed by atoms with Crippen molar-refractivity contribution in [1.29, 1.82) is 0 Å². The summed E-state index contributed by atoms with van der Waals surface area (Å²) in [5.74, 6) is 2.23. The molecular weight excluding hydrogens is 294 g/mol. The molecule has 4 aromatic rings. The average molecular weight is 305 g/mol. The normalized spacial score (nSPS) is 12.9. The molecule has 0 bridgehead atoms. The zero-order valence-electron chi connectivity index (χ0n) is 12.0. The molecule has 1 aromatic carbocycles. The number of pyridine rings is 1. The van der Waals surface area contributed by atoms with Crippen LogP contribution in [0.3, 0.4) is 0 Å². The summed E-state index contributed by atoms with van der Waals surface area (Å²) in [4.78, 5) is 0. The Labute approximate surface area is 130 Å². The maximum atomic E-state index is 5.44. The lowest BCUT2D eigenvalue weighted by atomic mass is 10.1. The van der Waals surface area contributed by atoms with E-state index in [9.17, 15) is 0 Å². The van der Waals surface area contributed by atoms with E-state index in [0.29, 0.717) is 0 Å². The van der Waals surface area contributed by atoms with E-state index in [1.807, 2.05) is 47.0 Å². The third-order valence-corrected chi connectivity index (χ3v) is 3.89. The minimum absolute atomic E-state index is 0.254. The summed E-state index contributed by atoms with van der Waals surface area (Å²) in [6.45, 7) is 0.254. The molecule has 0 fully saturated rings. The molecule has 0 N–H and O–H groups in total. The van der Waals surface area contributed by atoms with Crippen LogP contribution in [0.2, 0.25) is 0 Å². The summed E-state index contributed by atoms with van der Waals surface area (Å²) in [5, 5.41) is 8.54. The third kappa shape index (κ3) is 1.88. The second-order valence-corrected chi connectivity index (χ2v) is 5.25. The molecule has 0 spiro atoms. The molecule has 0 unspecified atom stereocenters. The zero-order chi connectivity index (χ0) is 15.2. The van der Waals surface area contributed by atoms with Crippen molar-refractivity contribution in [2.24, 2.45) is 0 Å². The van der Waals surface area contributed by atoms with Gasteiger partial charge in [-0.25, -0.2) is 0 Å². The highest BCUT2D eigenvalue weighted by Gasteiger charge is 2.16. The maximum Gasteiger partial charge on any atom is 0.231 e. The Morgan fingerprint density at radius 1 is 0.870 bits per heavy atom. The molecule has 0 atom stereocenters. The van der Waals surface area contributed by atoms with E-state index in [2.05, 4.69) is 10.2 Å². The highest BCUT2D eigenvalue weighted by molar-refractivity contribution is 5.68. The Hall–Kier alpha value is -3.28. The first kappa shape index (κ1) is 12.3. The molecule has 6 heteroatoms. The van der Waals surface area contributed by atoms with Crippen LogP contribution in [0, 0.1) is 0 Å². The van der Waals surface area contributed by atoms with Gasteiger partial charge in [0.05, 0.1) is 12.5 Å². The molecule has 4 heterocycles. The largest absolute Gasteiger partial charge is 0.472 e. The first-order chi connectivity index (χ1) is 11.4. The Morgan fingerprint density at radius 3 is 2.70 bits per heavy atom. The van der Waals surface area contributed by atoms with Crippen LogP contribution in [0.1, 0.15) is 0 Å². The number of aromatic nitrogens is 3. The molecule has 23 heavy (non-hydrogen) atoms. The average Bonchev–Trinajstić information content (AvgIpc) is 3.32. The minimum atomic E-state index is 0.254. The van der Waals surface area contributed by atoms with E-state index in [1.54, 1.807) is 12.5 Å². The lowest BCUT2D eigenvalue weighted by Gasteiger charge is -2.04. The van der Waals surface area contributed by atoms with Gasteiger partial charge in [0, 0.05) is 22.9 Å². The molecule has 112 valence electrons. The Balaban J connectivity index is 1.68. The molecule has 3 aromatic heterocycles. The van der Waals surface area contributed by atoms with Crippen LogP contribution in [0.25, 0.3) is 28.2 Å². The summed E-state index contributed by atoms with van der Waals surface area (Å²) in [7, 11) is 0. The summed E-state index contributed by atoms with van der Waals surface area (Å²) in [5.41, 5.74) is 3.75. The summed E-state index contributed by atoms with van der Waals surface area (Å²) in [6, 6.07) is 11.6. The predicted molar refractivity (Wildman–Crippen MR) is 82.2 cm³/mol. The number of nitrogens with zero attached hydrogens (tertiary/aromatic N) is 3. The summed E-state index contributed by atoms with van der Waals surface area (Å²) < 4.78 is 17.9. The first-order valence-electron chi connectivity index (χ1n) is 7.16. The van der Waals surface area contributed by atoms with Gasteiger partial charge >= 0.3 is 0 Å². The molecule has 1 aliphatic rings.